The Morgan fingerprint density at radius 2 is 2.19 bits per heavy atom. The van der Waals surface area contributed by atoms with Gasteiger partial charge in [-0.25, -0.2) is 13.5 Å². The minimum Gasteiger partial charge on any atom is -0.389 e. The van der Waals surface area contributed by atoms with Gasteiger partial charge >= 0.3 is 0 Å². The molecule has 6 nitrogen and oxygen atoms in total. The van der Waals surface area contributed by atoms with Crippen LogP contribution in [-0.2, 0) is 6.54 Å². The third-order valence-corrected chi connectivity index (χ3v) is 1.75. The maximum absolute atomic E-state index is 12.7. The Bertz CT molecular complexity index is 397. The van der Waals surface area contributed by atoms with Crippen molar-refractivity contribution in [3.8, 4) is 0 Å². The van der Waals surface area contributed by atoms with E-state index in [1.54, 1.807) is 0 Å². The molecule has 0 fully saturated rings. The summed E-state index contributed by atoms with van der Waals surface area (Å²) >= 11 is 0. The van der Waals surface area contributed by atoms with Crippen molar-refractivity contribution in [1.82, 2.24) is 15.0 Å². The highest BCUT2D eigenvalue weighted by molar-refractivity contribution is 5.91. The number of aliphatic hydroxyl groups is 1. The van der Waals surface area contributed by atoms with Gasteiger partial charge in [0.25, 0.3) is 12.3 Å². The molecule has 0 aliphatic carbocycles. The number of alkyl halides is 2. The van der Waals surface area contributed by atoms with Gasteiger partial charge in [0, 0.05) is 0 Å². The molecule has 0 radical (unpaired) electrons. The quantitative estimate of drug-likeness (QED) is 0.771. The Labute approximate surface area is 90.0 Å². The normalized spacial score (nSPS) is 12.1. The third-order valence-electron chi connectivity index (χ3n) is 1.75. The number of halogens is 2. The van der Waals surface area contributed by atoms with Crippen LogP contribution < -0.4 is 5.73 Å². The van der Waals surface area contributed by atoms with Crippen molar-refractivity contribution in [3.05, 3.63) is 11.4 Å². The highest BCUT2D eigenvalue weighted by Gasteiger charge is 2.27. The van der Waals surface area contributed by atoms with Crippen molar-refractivity contribution in [2.75, 3.05) is 0 Å². The molecule has 8 heteroatoms. The molecule has 90 valence electrons. The number of nitrogens with zero attached hydrogens (tertiary/aromatic N) is 3. The zero-order valence-corrected chi connectivity index (χ0v) is 8.81. The van der Waals surface area contributed by atoms with Crippen molar-refractivity contribution in [2.24, 2.45) is 5.73 Å². The van der Waals surface area contributed by atoms with Gasteiger partial charge < -0.3 is 10.8 Å². The van der Waals surface area contributed by atoms with E-state index < -0.39 is 29.3 Å². The van der Waals surface area contributed by atoms with Gasteiger partial charge in [-0.05, 0) is 13.8 Å². The van der Waals surface area contributed by atoms with E-state index in [0.29, 0.717) is 0 Å². The van der Waals surface area contributed by atoms with Crippen LogP contribution in [0.4, 0.5) is 8.78 Å². The van der Waals surface area contributed by atoms with Crippen LogP contribution in [0.15, 0.2) is 0 Å². The van der Waals surface area contributed by atoms with Gasteiger partial charge in [0.15, 0.2) is 5.69 Å². The molecule has 0 aromatic carbocycles. The summed E-state index contributed by atoms with van der Waals surface area (Å²) in [7, 11) is 0. The Morgan fingerprint density at radius 1 is 1.62 bits per heavy atom. The van der Waals surface area contributed by atoms with E-state index in [-0.39, 0.29) is 6.54 Å². The van der Waals surface area contributed by atoms with E-state index in [1.165, 1.54) is 13.8 Å². The molecule has 0 spiro atoms. The molecule has 1 aromatic heterocycles. The van der Waals surface area contributed by atoms with Gasteiger partial charge in [-0.3, -0.25) is 4.79 Å². The minimum absolute atomic E-state index is 0.201. The molecule has 0 aliphatic rings. The molecule has 0 unspecified atom stereocenters. The van der Waals surface area contributed by atoms with Gasteiger partial charge in [0.05, 0.1) is 12.1 Å². The van der Waals surface area contributed by atoms with Gasteiger partial charge in [0.2, 0.25) is 0 Å². The van der Waals surface area contributed by atoms with Crippen LogP contribution in [0.2, 0.25) is 0 Å². The van der Waals surface area contributed by atoms with Crippen LogP contribution in [0.1, 0.15) is 36.5 Å². The summed E-state index contributed by atoms with van der Waals surface area (Å²) in [5.41, 5.74) is 2.39. The van der Waals surface area contributed by atoms with Crippen LogP contribution in [0.5, 0.6) is 0 Å². The maximum Gasteiger partial charge on any atom is 0.282 e. The molecule has 1 heterocycles. The molecule has 0 saturated heterocycles. The topological polar surface area (TPSA) is 94.0 Å². The number of aromatic nitrogens is 3. The van der Waals surface area contributed by atoms with E-state index in [2.05, 4.69) is 10.3 Å². The minimum atomic E-state index is -2.93. The van der Waals surface area contributed by atoms with E-state index in [0.717, 1.165) is 4.68 Å². The van der Waals surface area contributed by atoms with Gasteiger partial charge in [-0.2, -0.15) is 0 Å². The predicted octanol–water partition coefficient (Wildman–Crippen LogP) is 0.0855. The molecular formula is C8H12F2N4O2. The number of nitrogens with two attached hydrogens (primary N) is 1. The second-order valence-corrected chi connectivity index (χ2v) is 3.96. The summed E-state index contributed by atoms with van der Waals surface area (Å²) in [4.78, 5) is 10.8. The standard InChI is InChI=1S/C8H12F2N4O2/c1-8(2,16)3-14-5(6(9)10)4(7(11)15)12-13-14/h6,16H,3H2,1-2H3,(H2,11,15). The summed E-state index contributed by atoms with van der Waals surface area (Å²) in [6, 6.07) is 0. The van der Waals surface area contributed by atoms with E-state index in [4.69, 9.17) is 5.73 Å². The zero-order valence-electron chi connectivity index (χ0n) is 8.81. The van der Waals surface area contributed by atoms with Crippen molar-refractivity contribution in [2.45, 2.75) is 32.4 Å². The Morgan fingerprint density at radius 3 is 2.56 bits per heavy atom. The highest BCUT2D eigenvalue weighted by Crippen LogP contribution is 2.22. The van der Waals surface area contributed by atoms with Crippen LogP contribution in [0.25, 0.3) is 0 Å². The first-order valence-electron chi connectivity index (χ1n) is 4.46. The summed E-state index contributed by atoms with van der Waals surface area (Å²) < 4.78 is 26.1. The smallest absolute Gasteiger partial charge is 0.282 e. The number of primary amides is 1. The van der Waals surface area contributed by atoms with Crippen molar-refractivity contribution in [3.63, 3.8) is 0 Å². The lowest BCUT2D eigenvalue weighted by atomic mass is 10.1. The van der Waals surface area contributed by atoms with Gasteiger partial charge in [-0.1, -0.05) is 5.21 Å². The first-order valence-corrected chi connectivity index (χ1v) is 4.46. The average molecular weight is 234 g/mol. The first kappa shape index (κ1) is 12.5. The fraction of sp³-hybridized carbons (Fsp3) is 0.625. The molecule has 3 N–H and O–H groups in total. The summed E-state index contributed by atoms with van der Waals surface area (Å²) in [5.74, 6) is -1.07. The van der Waals surface area contributed by atoms with Crippen LogP contribution in [0.3, 0.4) is 0 Å². The molecule has 0 bridgehead atoms. The lowest BCUT2D eigenvalue weighted by molar-refractivity contribution is 0.0505. The SMILES string of the molecule is CC(C)(O)Cn1nnc(C(N)=O)c1C(F)F. The molecule has 0 saturated carbocycles. The lowest BCUT2D eigenvalue weighted by Crippen LogP contribution is -2.28. The van der Waals surface area contributed by atoms with Crippen LogP contribution in [-0.4, -0.2) is 31.6 Å². The van der Waals surface area contributed by atoms with Gasteiger partial charge in [0.1, 0.15) is 5.69 Å². The molecule has 0 aliphatic heterocycles. The summed E-state index contributed by atoms with van der Waals surface area (Å²) in [5, 5.41) is 16.1. The summed E-state index contributed by atoms with van der Waals surface area (Å²) in [6.45, 7) is 2.65. The first-order chi connectivity index (χ1) is 7.22. The molecule has 0 atom stereocenters. The fourth-order valence-electron chi connectivity index (χ4n) is 1.20. The van der Waals surface area contributed by atoms with Crippen molar-refractivity contribution < 1.29 is 18.7 Å². The molecule has 1 rings (SSSR count). The summed E-state index contributed by atoms with van der Waals surface area (Å²) in [6.07, 6.45) is -2.93. The largest absolute Gasteiger partial charge is 0.389 e. The van der Waals surface area contributed by atoms with E-state index in [9.17, 15) is 18.7 Å². The highest BCUT2D eigenvalue weighted by atomic mass is 19.3. The Kier molecular flexibility index (Phi) is 3.22. The maximum atomic E-state index is 12.7. The van der Waals surface area contributed by atoms with Crippen molar-refractivity contribution >= 4 is 5.91 Å². The Hall–Kier alpha value is -1.57. The fourth-order valence-corrected chi connectivity index (χ4v) is 1.20. The molecular weight excluding hydrogens is 222 g/mol. The number of amides is 1. The number of carbonyl (C=O) groups is 1. The number of rotatable bonds is 4. The van der Waals surface area contributed by atoms with Crippen LogP contribution in [0, 0.1) is 0 Å². The van der Waals surface area contributed by atoms with Crippen LogP contribution >= 0.6 is 0 Å². The number of hydrogen-bond acceptors (Lipinski definition) is 4. The lowest BCUT2D eigenvalue weighted by Gasteiger charge is -2.17. The number of carbonyl (C=O) groups excluding carboxylic acids is 1. The van der Waals surface area contributed by atoms with Gasteiger partial charge in [-0.15, -0.1) is 5.10 Å². The average Bonchev–Trinajstić information content (AvgIpc) is 2.44. The molecule has 1 amide bonds. The predicted molar refractivity (Wildman–Crippen MR) is 49.8 cm³/mol. The van der Waals surface area contributed by atoms with Crippen molar-refractivity contribution in [1.29, 1.82) is 0 Å². The van der Waals surface area contributed by atoms with E-state index >= 15 is 0 Å². The third kappa shape index (κ3) is 2.72. The number of hydrogen-bond donors (Lipinski definition) is 2. The molecule has 1 aromatic rings. The van der Waals surface area contributed by atoms with E-state index in [1.807, 2.05) is 0 Å². The monoisotopic (exact) mass is 234 g/mol. The zero-order chi connectivity index (χ0) is 12.5. The second kappa shape index (κ2) is 4.12. The Balaban J connectivity index is 3.16. The second-order valence-electron chi connectivity index (χ2n) is 3.96. The molecule has 16 heavy (non-hydrogen) atoms.